The first kappa shape index (κ1) is 31.2. The maximum absolute atomic E-state index is 14.2. The molecule has 0 aromatic heterocycles. The van der Waals surface area contributed by atoms with Crippen LogP contribution in [0.1, 0.15) is 76.8 Å². The molecule has 3 amide bonds. The predicted molar refractivity (Wildman–Crippen MR) is 153 cm³/mol. The first-order valence-electron chi connectivity index (χ1n) is 13.0. The number of rotatable bonds is 8. The van der Waals surface area contributed by atoms with Gasteiger partial charge in [-0.3, -0.25) is 9.59 Å². The molecule has 2 aromatic rings. The van der Waals surface area contributed by atoms with Crippen LogP contribution in [0.5, 0.6) is 0 Å². The molecule has 0 heterocycles. The lowest BCUT2D eigenvalue weighted by Gasteiger charge is -2.38. The van der Waals surface area contributed by atoms with Gasteiger partial charge in [0.15, 0.2) is 0 Å². The van der Waals surface area contributed by atoms with E-state index in [1.165, 1.54) is 4.90 Å². The van der Waals surface area contributed by atoms with Crippen LogP contribution in [0, 0.1) is 26.7 Å². The lowest BCUT2D eigenvalue weighted by molar-refractivity contribution is -0.143. The molecule has 7 nitrogen and oxygen atoms in total. The van der Waals surface area contributed by atoms with E-state index < -0.39 is 29.7 Å². The van der Waals surface area contributed by atoms with Crippen LogP contribution in [0.2, 0.25) is 5.02 Å². The van der Waals surface area contributed by atoms with E-state index >= 15 is 0 Å². The number of hydrogen-bond acceptors (Lipinski definition) is 4. The van der Waals surface area contributed by atoms with Crippen LogP contribution >= 0.6 is 11.6 Å². The van der Waals surface area contributed by atoms with Gasteiger partial charge in [-0.05, 0) is 78.5 Å². The topological polar surface area (TPSA) is 87.7 Å². The molecule has 38 heavy (non-hydrogen) atoms. The van der Waals surface area contributed by atoms with Crippen molar-refractivity contribution in [2.24, 2.45) is 5.92 Å². The molecule has 0 fully saturated rings. The summed E-state index contributed by atoms with van der Waals surface area (Å²) in [6, 6.07) is 8.96. The van der Waals surface area contributed by atoms with Crippen LogP contribution in [0.25, 0.3) is 0 Å². The second-order valence-corrected chi connectivity index (χ2v) is 11.9. The normalized spacial score (nSPS) is 13.2. The molecule has 2 N–H and O–H groups in total. The third-order valence-corrected chi connectivity index (χ3v) is 6.29. The van der Waals surface area contributed by atoms with E-state index in [0.717, 1.165) is 16.7 Å². The van der Waals surface area contributed by atoms with Crippen molar-refractivity contribution in [2.75, 3.05) is 5.32 Å². The zero-order valence-electron chi connectivity index (χ0n) is 24.2. The molecule has 0 saturated carbocycles. The average Bonchev–Trinajstić information content (AvgIpc) is 2.75. The fourth-order valence-electron chi connectivity index (χ4n) is 4.38. The quantitative estimate of drug-likeness (QED) is 0.386. The van der Waals surface area contributed by atoms with Crippen LogP contribution in [-0.2, 0) is 14.3 Å². The van der Waals surface area contributed by atoms with Gasteiger partial charge in [0, 0.05) is 6.04 Å². The van der Waals surface area contributed by atoms with Gasteiger partial charge in [-0.2, -0.15) is 0 Å². The molecule has 2 rings (SSSR count). The molecule has 0 bridgehead atoms. The third kappa shape index (κ3) is 8.22. The van der Waals surface area contributed by atoms with Crippen molar-refractivity contribution >= 4 is 35.2 Å². The van der Waals surface area contributed by atoms with Crippen LogP contribution in [0.15, 0.2) is 36.4 Å². The Balaban J connectivity index is 2.60. The molecular formula is C30H42ClN3O4. The highest BCUT2D eigenvalue weighted by Gasteiger charge is 2.39. The zero-order chi connectivity index (χ0) is 28.9. The molecule has 208 valence electrons. The summed E-state index contributed by atoms with van der Waals surface area (Å²) < 4.78 is 5.42. The van der Waals surface area contributed by atoms with E-state index in [4.69, 9.17) is 16.3 Å². The second-order valence-electron chi connectivity index (χ2n) is 11.5. The number of para-hydroxylation sites is 1. The summed E-state index contributed by atoms with van der Waals surface area (Å²) in [6.07, 6.45) is -0.688. The van der Waals surface area contributed by atoms with E-state index in [-0.39, 0.29) is 17.9 Å². The van der Waals surface area contributed by atoms with Gasteiger partial charge in [0.25, 0.3) is 5.91 Å². The number of carbonyl (C=O) groups excluding carboxylic acids is 3. The minimum Gasteiger partial charge on any atom is -0.444 e. The summed E-state index contributed by atoms with van der Waals surface area (Å²) >= 11 is 6.42. The minimum atomic E-state index is -0.974. The highest BCUT2D eigenvalue weighted by atomic mass is 35.5. The Morgan fingerprint density at radius 1 is 0.947 bits per heavy atom. The number of benzene rings is 2. The summed E-state index contributed by atoms with van der Waals surface area (Å²) in [5.41, 5.74) is 3.19. The van der Waals surface area contributed by atoms with E-state index in [2.05, 4.69) is 10.6 Å². The van der Waals surface area contributed by atoms with E-state index in [1.54, 1.807) is 26.8 Å². The standard InChI is InChI=1S/C30H42ClN3O4/c1-17(2)24(33-29(37)38-30(8,9)10)28(36)34(18(3)4)26(22-15-19(5)14-20(6)16-22)27(35)32-25-21(7)12-11-13-23(25)31/h11-18,24,26H,1-10H3,(H,32,35)(H,33,37). The highest BCUT2D eigenvalue weighted by molar-refractivity contribution is 6.34. The number of carbonyl (C=O) groups is 3. The first-order valence-corrected chi connectivity index (χ1v) is 13.4. The number of hydrogen-bond donors (Lipinski definition) is 2. The molecule has 2 unspecified atom stereocenters. The number of nitrogens with one attached hydrogen (secondary N) is 2. The number of alkyl carbamates (subject to hydrolysis) is 1. The van der Waals surface area contributed by atoms with Crippen molar-refractivity contribution in [1.29, 1.82) is 0 Å². The number of anilines is 1. The van der Waals surface area contributed by atoms with E-state index in [1.807, 2.05) is 78.8 Å². The third-order valence-electron chi connectivity index (χ3n) is 5.97. The Bertz CT molecular complexity index is 1130. The van der Waals surface area contributed by atoms with Gasteiger partial charge in [-0.1, -0.05) is 66.9 Å². The van der Waals surface area contributed by atoms with E-state index in [0.29, 0.717) is 16.3 Å². The predicted octanol–water partition coefficient (Wildman–Crippen LogP) is 6.73. The summed E-state index contributed by atoms with van der Waals surface area (Å²) in [4.78, 5) is 42.4. The summed E-state index contributed by atoms with van der Waals surface area (Å²) in [5, 5.41) is 6.12. The maximum Gasteiger partial charge on any atom is 0.408 e. The van der Waals surface area contributed by atoms with Crippen molar-refractivity contribution in [3.05, 3.63) is 63.7 Å². The van der Waals surface area contributed by atoms with Gasteiger partial charge in [-0.25, -0.2) is 4.79 Å². The first-order chi connectivity index (χ1) is 17.5. The molecular weight excluding hydrogens is 502 g/mol. The van der Waals surface area contributed by atoms with Gasteiger partial charge in [0.1, 0.15) is 17.7 Å². The molecule has 2 aromatic carbocycles. The lowest BCUT2D eigenvalue weighted by Crippen LogP contribution is -2.56. The molecule has 0 aliphatic carbocycles. The van der Waals surface area contributed by atoms with Crippen molar-refractivity contribution in [1.82, 2.24) is 10.2 Å². The average molecular weight is 544 g/mol. The van der Waals surface area contributed by atoms with Crippen molar-refractivity contribution in [3.8, 4) is 0 Å². The number of ether oxygens (including phenoxy) is 1. The number of nitrogens with zero attached hydrogens (tertiary/aromatic N) is 1. The van der Waals surface area contributed by atoms with Crippen LogP contribution in [0.3, 0.4) is 0 Å². The summed E-state index contributed by atoms with van der Waals surface area (Å²) in [6.45, 7) is 18.4. The minimum absolute atomic E-state index is 0.259. The van der Waals surface area contributed by atoms with Crippen LogP contribution in [-0.4, -0.2) is 40.5 Å². The molecule has 0 aliphatic heterocycles. The molecule has 0 saturated heterocycles. The Hall–Kier alpha value is -3.06. The van der Waals surface area contributed by atoms with Gasteiger partial charge < -0.3 is 20.3 Å². The molecule has 2 atom stereocenters. The van der Waals surface area contributed by atoms with E-state index in [9.17, 15) is 14.4 Å². The lowest BCUT2D eigenvalue weighted by atomic mass is 9.95. The number of amides is 3. The maximum atomic E-state index is 14.2. The fourth-order valence-corrected chi connectivity index (χ4v) is 4.65. The molecule has 0 radical (unpaired) electrons. The largest absolute Gasteiger partial charge is 0.444 e. The van der Waals surface area contributed by atoms with Crippen molar-refractivity contribution in [3.63, 3.8) is 0 Å². The molecule has 8 heteroatoms. The van der Waals surface area contributed by atoms with Crippen LogP contribution in [0.4, 0.5) is 10.5 Å². The Morgan fingerprint density at radius 2 is 1.53 bits per heavy atom. The second kappa shape index (κ2) is 12.7. The highest BCUT2D eigenvalue weighted by Crippen LogP contribution is 2.31. The Kier molecular flexibility index (Phi) is 10.4. The van der Waals surface area contributed by atoms with Crippen molar-refractivity contribution in [2.45, 2.75) is 93.0 Å². The number of aryl methyl sites for hydroxylation is 3. The van der Waals surface area contributed by atoms with Gasteiger partial charge in [0.05, 0.1) is 10.7 Å². The monoisotopic (exact) mass is 543 g/mol. The fraction of sp³-hybridized carbons (Fsp3) is 0.500. The zero-order valence-corrected chi connectivity index (χ0v) is 25.0. The Morgan fingerprint density at radius 3 is 2.00 bits per heavy atom. The SMILES string of the molecule is Cc1cc(C)cc(C(C(=O)Nc2c(C)cccc2Cl)N(C(=O)C(NC(=O)OC(C)(C)C)C(C)C)C(C)C)c1. The summed E-state index contributed by atoms with van der Waals surface area (Å²) in [5.74, 6) is -1.03. The van der Waals surface area contributed by atoms with Crippen LogP contribution < -0.4 is 10.6 Å². The summed E-state index contributed by atoms with van der Waals surface area (Å²) in [7, 11) is 0. The van der Waals surface area contributed by atoms with Crippen molar-refractivity contribution < 1.29 is 19.1 Å². The van der Waals surface area contributed by atoms with Gasteiger partial charge in [0.2, 0.25) is 5.91 Å². The smallest absolute Gasteiger partial charge is 0.408 e. The Labute approximate surface area is 232 Å². The molecule has 0 spiro atoms. The van der Waals surface area contributed by atoms with Gasteiger partial charge >= 0.3 is 6.09 Å². The number of halogens is 1. The molecule has 0 aliphatic rings. The van der Waals surface area contributed by atoms with Gasteiger partial charge in [-0.15, -0.1) is 0 Å².